The highest BCUT2D eigenvalue weighted by atomic mass is 32.1. The first-order valence-electron chi connectivity index (χ1n) is 9.31. The van der Waals surface area contributed by atoms with Gasteiger partial charge in [0.15, 0.2) is 5.96 Å². The zero-order valence-electron chi connectivity index (χ0n) is 16.2. The molecule has 3 rings (SSSR count). The Morgan fingerprint density at radius 3 is 2.61 bits per heavy atom. The molecular weight excluding hydrogens is 370 g/mol. The van der Waals surface area contributed by atoms with Crippen LogP contribution in [0.2, 0.25) is 0 Å². The average Bonchev–Trinajstić information content (AvgIpc) is 3.12. The Balaban J connectivity index is 1.59. The number of hydrogen-bond acceptors (Lipinski definition) is 4. The van der Waals surface area contributed by atoms with Gasteiger partial charge in [0.2, 0.25) is 0 Å². The van der Waals surface area contributed by atoms with E-state index in [1.165, 1.54) is 4.88 Å². The molecule has 0 spiro atoms. The Bertz CT molecular complexity index is 975. The zero-order chi connectivity index (χ0) is 19.8. The molecular formula is C21H25N5OS. The van der Waals surface area contributed by atoms with Crippen molar-refractivity contribution in [1.82, 2.24) is 20.2 Å². The quantitative estimate of drug-likeness (QED) is 0.477. The number of benzene rings is 1. The summed E-state index contributed by atoms with van der Waals surface area (Å²) in [6, 6.07) is 13.4. The lowest BCUT2D eigenvalue weighted by atomic mass is 10.1. The van der Waals surface area contributed by atoms with Gasteiger partial charge in [-0.05, 0) is 31.0 Å². The monoisotopic (exact) mass is 395 g/mol. The summed E-state index contributed by atoms with van der Waals surface area (Å²) in [5.41, 5.74) is 2.21. The fourth-order valence-corrected chi connectivity index (χ4v) is 3.42. The van der Waals surface area contributed by atoms with Crippen LogP contribution in [0.4, 0.5) is 0 Å². The third-order valence-corrected chi connectivity index (χ3v) is 5.03. The van der Waals surface area contributed by atoms with Crippen LogP contribution in [0.3, 0.4) is 0 Å². The van der Waals surface area contributed by atoms with E-state index in [1.54, 1.807) is 34.2 Å². The minimum atomic E-state index is 0.00737. The van der Waals surface area contributed by atoms with E-state index < -0.39 is 0 Å². The van der Waals surface area contributed by atoms with Crippen LogP contribution < -0.4 is 16.2 Å². The zero-order valence-corrected chi connectivity index (χ0v) is 17.0. The van der Waals surface area contributed by atoms with Gasteiger partial charge in [0.1, 0.15) is 5.01 Å². The molecule has 0 radical (unpaired) electrons. The highest BCUT2D eigenvalue weighted by Gasteiger charge is 2.02. The highest BCUT2D eigenvalue weighted by Crippen LogP contribution is 2.10. The van der Waals surface area contributed by atoms with E-state index in [1.807, 2.05) is 31.3 Å². The van der Waals surface area contributed by atoms with Gasteiger partial charge in [-0.15, -0.1) is 11.3 Å². The number of thiazole rings is 1. The molecule has 2 N–H and O–H groups in total. The molecule has 0 aliphatic rings. The van der Waals surface area contributed by atoms with Gasteiger partial charge in [0.25, 0.3) is 5.56 Å². The lowest BCUT2D eigenvalue weighted by Gasteiger charge is -2.10. The molecule has 0 saturated heterocycles. The van der Waals surface area contributed by atoms with Gasteiger partial charge in [-0.25, -0.2) is 9.98 Å². The molecule has 6 nitrogen and oxygen atoms in total. The summed E-state index contributed by atoms with van der Waals surface area (Å²) in [4.78, 5) is 22.0. The number of nitrogens with one attached hydrogen (secondary N) is 2. The van der Waals surface area contributed by atoms with Crippen LogP contribution in [0, 0.1) is 6.92 Å². The second-order valence-corrected chi connectivity index (χ2v) is 7.72. The third kappa shape index (κ3) is 5.79. The van der Waals surface area contributed by atoms with Crippen LogP contribution in [-0.4, -0.2) is 22.1 Å². The van der Waals surface area contributed by atoms with Crippen molar-refractivity contribution in [3.8, 4) is 0 Å². The van der Waals surface area contributed by atoms with Crippen LogP contribution >= 0.6 is 11.3 Å². The summed E-state index contributed by atoms with van der Waals surface area (Å²) in [5, 5.41) is 7.62. The van der Waals surface area contributed by atoms with E-state index in [4.69, 9.17) is 0 Å². The van der Waals surface area contributed by atoms with Crippen LogP contribution in [0.15, 0.2) is 64.6 Å². The molecule has 0 amide bonds. The average molecular weight is 396 g/mol. The number of nitrogens with zero attached hydrogens (tertiary/aromatic N) is 3. The van der Waals surface area contributed by atoms with Gasteiger partial charge in [-0.1, -0.05) is 30.3 Å². The van der Waals surface area contributed by atoms with Crippen LogP contribution in [-0.2, 0) is 19.6 Å². The minimum absolute atomic E-state index is 0.00737. The smallest absolute Gasteiger partial charge is 0.250 e. The second kappa shape index (κ2) is 9.85. The molecule has 0 aliphatic heterocycles. The van der Waals surface area contributed by atoms with Gasteiger partial charge >= 0.3 is 0 Å². The summed E-state index contributed by atoms with van der Waals surface area (Å²) in [6.07, 6.45) is 3.69. The Morgan fingerprint density at radius 1 is 1.14 bits per heavy atom. The molecule has 0 atom stereocenters. The van der Waals surface area contributed by atoms with Crippen molar-refractivity contribution in [2.24, 2.45) is 4.99 Å². The Labute approximate surface area is 169 Å². The predicted molar refractivity (Wildman–Crippen MR) is 115 cm³/mol. The number of hydrogen-bond donors (Lipinski definition) is 2. The van der Waals surface area contributed by atoms with Gasteiger partial charge < -0.3 is 15.2 Å². The van der Waals surface area contributed by atoms with Crippen molar-refractivity contribution in [2.75, 3.05) is 6.54 Å². The number of aromatic nitrogens is 2. The van der Waals surface area contributed by atoms with Gasteiger partial charge in [0.05, 0.1) is 19.6 Å². The van der Waals surface area contributed by atoms with E-state index >= 15 is 0 Å². The molecule has 2 aromatic heterocycles. The lowest BCUT2D eigenvalue weighted by Crippen LogP contribution is -2.36. The van der Waals surface area contributed by atoms with E-state index in [0.29, 0.717) is 19.6 Å². The Hall–Kier alpha value is -2.93. The number of rotatable bonds is 7. The number of aliphatic imine (C=N–C) groups is 1. The molecule has 0 aliphatic carbocycles. The molecule has 0 fully saturated rings. The summed E-state index contributed by atoms with van der Waals surface area (Å²) in [6.45, 7) is 6.71. The lowest BCUT2D eigenvalue weighted by molar-refractivity contribution is 0.759. The van der Waals surface area contributed by atoms with Crippen molar-refractivity contribution >= 4 is 17.3 Å². The SMILES string of the molecule is CCNC(=NCc1ccc(Cn2ccccc2=O)cc1)NCc1ncc(C)s1. The molecule has 7 heteroatoms. The first-order chi connectivity index (χ1) is 13.6. The van der Waals surface area contributed by atoms with Crippen molar-refractivity contribution in [1.29, 1.82) is 0 Å². The molecule has 146 valence electrons. The molecule has 0 saturated carbocycles. The topological polar surface area (TPSA) is 71.3 Å². The molecule has 2 heterocycles. The molecule has 3 aromatic rings. The number of guanidine groups is 1. The van der Waals surface area contributed by atoms with Crippen molar-refractivity contribution in [3.05, 3.63) is 86.2 Å². The number of aryl methyl sites for hydroxylation is 1. The van der Waals surface area contributed by atoms with Gasteiger partial charge in [-0.2, -0.15) is 0 Å². The van der Waals surface area contributed by atoms with Crippen molar-refractivity contribution < 1.29 is 0 Å². The maximum Gasteiger partial charge on any atom is 0.250 e. The van der Waals surface area contributed by atoms with E-state index in [2.05, 4.69) is 39.7 Å². The van der Waals surface area contributed by atoms with Crippen LogP contribution in [0.25, 0.3) is 0 Å². The summed E-state index contributed by atoms with van der Waals surface area (Å²) in [7, 11) is 0. The largest absolute Gasteiger partial charge is 0.357 e. The summed E-state index contributed by atoms with van der Waals surface area (Å²) in [5.74, 6) is 0.773. The third-order valence-electron chi connectivity index (χ3n) is 4.12. The van der Waals surface area contributed by atoms with Gasteiger partial charge in [0, 0.05) is 29.9 Å². The Kier molecular flexibility index (Phi) is 6.97. The fourth-order valence-electron chi connectivity index (χ4n) is 2.69. The van der Waals surface area contributed by atoms with Crippen LogP contribution in [0.1, 0.15) is 27.9 Å². The van der Waals surface area contributed by atoms with E-state index in [9.17, 15) is 4.79 Å². The summed E-state index contributed by atoms with van der Waals surface area (Å²) < 4.78 is 1.70. The second-order valence-electron chi connectivity index (χ2n) is 6.40. The maximum atomic E-state index is 11.8. The van der Waals surface area contributed by atoms with E-state index in [-0.39, 0.29) is 5.56 Å². The van der Waals surface area contributed by atoms with Gasteiger partial charge in [-0.3, -0.25) is 4.79 Å². The minimum Gasteiger partial charge on any atom is -0.357 e. The van der Waals surface area contributed by atoms with Crippen LogP contribution in [0.5, 0.6) is 0 Å². The normalized spacial score (nSPS) is 11.4. The maximum absolute atomic E-state index is 11.8. The molecule has 0 bridgehead atoms. The van der Waals surface area contributed by atoms with Crippen molar-refractivity contribution in [3.63, 3.8) is 0 Å². The first kappa shape index (κ1) is 19.8. The fraction of sp³-hybridized carbons (Fsp3) is 0.286. The van der Waals surface area contributed by atoms with Crippen molar-refractivity contribution in [2.45, 2.75) is 33.5 Å². The van der Waals surface area contributed by atoms with E-state index in [0.717, 1.165) is 28.6 Å². The Morgan fingerprint density at radius 2 is 1.93 bits per heavy atom. The molecule has 0 unspecified atom stereocenters. The molecule has 1 aromatic carbocycles. The predicted octanol–water partition coefficient (Wildman–Crippen LogP) is 2.92. The molecule has 28 heavy (non-hydrogen) atoms. The summed E-state index contributed by atoms with van der Waals surface area (Å²) >= 11 is 1.68. The highest BCUT2D eigenvalue weighted by molar-refractivity contribution is 7.11. The first-order valence-corrected chi connectivity index (χ1v) is 10.1. The number of pyridine rings is 1. The standard InChI is InChI=1S/C21H25N5OS/c1-3-22-21(25-14-19-23-12-16(2)28-19)24-13-17-7-9-18(10-8-17)15-26-11-5-4-6-20(26)27/h4-12H,3,13-15H2,1-2H3,(H2,22,24,25).